The molecule has 7 heteroatoms. The maximum atomic E-state index is 12.7. The van der Waals surface area contributed by atoms with Crippen molar-refractivity contribution in [2.24, 2.45) is 0 Å². The van der Waals surface area contributed by atoms with Crippen molar-refractivity contribution in [3.8, 4) is 0 Å². The molecular weight excluding hydrogens is 350 g/mol. The van der Waals surface area contributed by atoms with Crippen molar-refractivity contribution in [3.05, 3.63) is 29.8 Å². The van der Waals surface area contributed by atoms with Gasteiger partial charge < -0.3 is 5.32 Å². The molecule has 1 aliphatic carbocycles. The van der Waals surface area contributed by atoms with Gasteiger partial charge in [0, 0.05) is 32.2 Å². The number of amides is 1. The lowest BCUT2D eigenvalue weighted by Gasteiger charge is -2.34. The predicted molar refractivity (Wildman–Crippen MR) is 101 cm³/mol. The summed E-state index contributed by atoms with van der Waals surface area (Å²) in [5, 5.41) is 3.13. The zero-order valence-electron chi connectivity index (χ0n) is 15.5. The van der Waals surface area contributed by atoms with Crippen LogP contribution >= 0.6 is 0 Å². The van der Waals surface area contributed by atoms with Gasteiger partial charge in [0.05, 0.1) is 11.4 Å². The molecule has 1 heterocycles. The quantitative estimate of drug-likeness (QED) is 0.846. The van der Waals surface area contributed by atoms with Crippen LogP contribution in [0, 0.1) is 6.92 Å². The molecule has 0 radical (unpaired) electrons. The largest absolute Gasteiger partial charge is 0.352 e. The van der Waals surface area contributed by atoms with Gasteiger partial charge >= 0.3 is 0 Å². The Morgan fingerprint density at radius 2 is 1.65 bits per heavy atom. The fourth-order valence-corrected chi connectivity index (χ4v) is 5.13. The van der Waals surface area contributed by atoms with E-state index in [1.165, 1.54) is 23.6 Å². The summed E-state index contributed by atoms with van der Waals surface area (Å²) in [6.07, 6.45) is 5.81. The van der Waals surface area contributed by atoms with Gasteiger partial charge in [-0.15, -0.1) is 0 Å². The van der Waals surface area contributed by atoms with Gasteiger partial charge in [-0.2, -0.15) is 4.31 Å². The van der Waals surface area contributed by atoms with Gasteiger partial charge in [0.2, 0.25) is 15.9 Å². The zero-order chi connectivity index (χ0) is 18.6. The average molecular weight is 380 g/mol. The van der Waals surface area contributed by atoms with Gasteiger partial charge in [-0.05, 0) is 31.9 Å². The van der Waals surface area contributed by atoms with Crippen molar-refractivity contribution < 1.29 is 13.2 Å². The van der Waals surface area contributed by atoms with Crippen molar-refractivity contribution in [1.82, 2.24) is 14.5 Å². The molecule has 26 heavy (non-hydrogen) atoms. The summed E-state index contributed by atoms with van der Waals surface area (Å²) in [7, 11) is -3.45. The molecule has 0 aromatic heterocycles. The Bertz CT molecular complexity index is 704. The first-order valence-corrected chi connectivity index (χ1v) is 11.0. The van der Waals surface area contributed by atoms with E-state index >= 15 is 0 Å². The number of carbonyl (C=O) groups is 1. The van der Waals surface area contributed by atoms with E-state index < -0.39 is 10.0 Å². The average Bonchev–Trinajstić information content (AvgIpc) is 2.63. The minimum atomic E-state index is -3.45. The standard InChI is InChI=1S/C19H29N3O3S/c1-16-7-9-18(10-8-16)26(24,25)22-13-11-21(12-14-22)15-19(23)20-17-5-3-2-4-6-17/h7-10,17H,2-6,11-15H2,1H3,(H,20,23). The first kappa shape index (κ1) is 19.3. The Morgan fingerprint density at radius 1 is 1.04 bits per heavy atom. The number of carbonyl (C=O) groups excluding carboxylic acids is 1. The van der Waals surface area contributed by atoms with E-state index in [1.807, 2.05) is 24.0 Å². The molecule has 2 aliphatic rings. The van der Waals surface area contributed by atoms with Crippen LogP contribution in [-0.2, 0) is 14.8 Å². The Balaban J connectivity index is 1.49. The molecule has 1 N–H and O–H groups in total. The van der Waals surface area contributed by atoms with Crippen LogP contribution in [-0.4, -0.2) is 62.3 Å². The van der Waals surface area contributed by atoms with Crippen LogP contribution in [0.2, 0.25) is 0 Å². The summed E-state index contributed by atoms with van der Waals surface area (Å²) in [6.45, 7) is 4.31. The lowest BCUT2D eigenvalue weighted by atomic mass is 9.95. The number of rotatable bonds is 5. The Labute approximate surface area is 156 Å². The SMILES string of the molecule is Cc1ccc(S(=O)(=O)N2CCN(CC(=O)NC3CCCCC3)CC2)cc1. The predicted octanol–water partition coefficient (Wildman–Crippen LogP) is 1.75. The van der Waals surface area contributed by atoms with Crippen LogP contribution in [0.3, 0.4) is 0 Å². The number of piperazine rings is 1. The number of nitrogens with one attached hydrogen (secondary N) is 1. The number of hydrogen-bond acceptors (Lipinski definition) is 4. The molecule has 1 saturated carbocycles. The van der Waals surface area contributed by atoms with Crippen molar-refractivity contribution >= 4 is 15.9 Å². The molecule has 0 unspecified atom stereocenters. The van der Waals surface area contributed by atoms with E-state index in [2.05, 4.69) is 5.32 Å². The van der Waals surface area contributed by atoms with E-state index in [-0.39, 0.29) is 5.91 Å². The highest BCUT2D eigenvalue weighted by molar-refractivity contribution is 7.89. The third-order valence-electron chi connectivity index (χ3n) is 5.33. The Kier molecular flexibility index (Phi) is 6.32. The molecule has 3 rings (SSSR count). The first-order valence-electron chi connectivity index (χ1n) is 9.54. The number of sulfonamides is 1. The lowest BCUT2D eigenvalue weighted by Crippen LogP contribution is -2.51. The second-order valence-electron chi connectivity index (χ2n) is 7.40. The van der Waals surface area contributed by atoms with Crippen LogP contribution in [0.4, 0.5) is 0 Å². The molecule has 144 valence electrons. The van der Waals surface area contributed by atoms with Crippen molar-refractivity contribution in [2.45, 2.75) is 50.0 Å². The van der Waals surface area contributed by atoms with E-state index in [4.69, 9.17) is 0 Å². The molecule has 0 atom stereocenters. The monoisotopic (exact) mass is 379 g/mol. The first-order chi connectivity index (χ1) is 12.4. The maximum Gasteiger partial charge on any atom is 0.243 e. The van der Waals surface area contributed by atoms with Gasteiger partial charge in [0.25, 0.3) is 0 Å². The molecule has 2 fully saturated rings. The smallest absolute Gasteiger partial charge is 0.243 e. The summed E-state index contributed by atoms with van der Waals surface area (Å²) in [4.78, 5) is 14.6. The molecule has 1 aromatic rings. The molecule has 1 aliphatic heterocycles. The van der Waals surface area contributed by atoms with Crippen molar-refractivity contribution in [2.75, 3.05) is 32.7 Å². The molecule has 1 aromatic carbocycles. The van der Waals surface area contributed by atoms with E-state index in [0.717, 1.165) is 18.4 Å². The highest BCUT2D eigenvalue weighted by Gasteiger charge is 2.29. The summed E-state index contributed by atoms with van der Waals surface area (Å²) in [5.41, 5.74) is 1.04. The highest BCUT2D eigenvalue weighted by Crippen LogP contribution is 2.19. The zero-order valence-corrected chi connectivity index (χ0v) is 16.3. The normalized spacial score (nSPS) is 20.8. The second-order valence-corrected chi connectivity index (χ2v) is 9.33. The lowest BCUT2D eigenvalue weighted by molar-refractivity contribution is -0.123. The Hall–Kier alpha value is -1.44. The molecule has 1 saturated heterocycles. The number of nitrogens with zero attached hydrogens (tertiary/aromatic N) is 2. The summed E-state index contributed by atoms with van der Waals surface area (Å²) >= 11 is 0. The van der Waals surface area contributed by atoms with E-state index in [0.29, 0.717) is 43.7 Å². The Morgan fingerprint density at radius 3 is 2.27 bits per heavy atom. The second kappa shape index (κ2) is 8.50. The van der Waals surface area contributed by atoms with Gasteiger partial charge in [0.15, 0.2) is 0 Å². The third-order valence-corrected chi connectivity index (χ3v) is 7.24. The summed E-state index contributed by atoms with van der Waals surface area (Å²) in [6, 6.07) is 7.28. The maximum absolute atomic E-state index is 12.7. The van der Waals surface area contributed by atoms with Gasteiger partial charge in [-0.3, -0.25) is 9.69 Å². The third kappa shape index (κ3) is 4.84. The van der Waals surface area contributed by atoms with Crippen LogP contribution in [0.1, 0.15) is 37.7 Å². The molecule has 1 amide bonds. The van der Waals surface area contributed by atoms with Gasteiger partial charge in [-0.25, -0.2) is 8.42 Å². The number of aryl methyl sites for hydroxylation is 1. The fraction of sp³-hybridized carbons (Fsp3) is 0.632. The fourth-order valence-electron chi connectivity index (χ4n) is 3.71. The van der Waals surface area contributed by atoms with Crippen molar-refractivity contribution in [1.29, 1.82) is 0 Å². The number of benzene rings is 1. The molecule has 0 spiro atoms. The molecule has 6 nitrogen and oxygen atoms in total. The minimum Gasteiger partial charge on any atom is -0.352 e. The minimum absolute atomic E-state index is 0.0618. The van der Waals surface area contributed by atoms with Crippen LogP contribution in [0.25, 0.3) is 0 Å². The van der Waals surface area contributed by atoms with E-state index in [9.17, 15) is 13.2 Å². The molecular formula is C19H29N3O3S. The topological polar surface area (TPSA) is 69.7 Å². The van der Waals surface area contributed by atoms with Crippen LogP contribution in [0.5, 0.6) is 0 Å². The number of hydrogen-bond donors (Lipinski definition) is 1. The van der Waals surface area contributed by atoms with E-state index in [1.54, 1.807) is 12.1 Å². The summed E-state index contributed by atoms with van der Waals surface area (Å²) in [5.74, 6) is 0.0618. The van der Waals surface area contributed by atoms with Gasteiger partial charge in [0.1, 0.15) is 0 Å². The van der Waals surface area contributed by atoms with Crippen LogP contribution < -0.4 is 5.32 Å². The van der Waals surface area contributed by atoms with Gasteiger partial charge in [-0.1, -0.05) is 37.0 Å². The highest BCUT2D eigenvalue weighted by atomic mass is 32.2. The van der Waals surface area contributed by atoms with Crippen LogP contribution in [0.15, 0.2) is 29.2 Å². The molecule has 0 bridgehead atoms. The van der Waals surface area contributed by atoms with Crippen molar-refractivity contribution in [3.63, 3.8) is 0 Å². The summed E-state index contributed by atoms with van der Waals surface area (Å²) < 4.78 is 27.0.